The molecule has 0 fully saturated rings. The third kappa shape index (κ3) is 4.30. The van der Waals surface area contributed by atoms with Crippen LogP contribution in [0.4, 0.5) is 4.79 Å². The minimum atomic E-state index is -0.936. The Labute approximate surface area is 117 Å². The van der Waals surface area contributed by atoms with Gasteiger partial charge in [-0.2, -0.15) is 0 Å². The zero-order valence-electron chi connectivity index (χ0n) is 9.10. The Balaban J connectivity index is 2.76. The molecule has 8 heteroatoms. The third-order valence-electron chi connectivity index (χ3n) is 1.83. The summed E-state index contributed by atoms with van der Waals surface area (Å²) in [6, 6.07) is 4.05. The van der Waals surface area contributed by atoms with E-state index in [1.165, 1.54) is 0 Å². The second-order valence-electron chi connectivity index (χ2n) is 3.21. The first kappa shape index (κ1) is 14.4. The molecule has 3 amide bonds. The van der Waals surface area contributed by atoms with Crippen LogP contribution in [0.2, 0.25) is 0 Å². The Kier molecular flexibility index (Phi) is 5.05. The van der Waals surface area contributed by atoms with Gasteiger partial charge in [-0.25, -0.2) is 4.79 Å². The number of primary amides is 1. The van der Waals surface area contributed by atoms with Crippen molar-refractivity contribution in [1.82, 2.24) is 5.32 Å². The van der Waals surface area contributed by atoms with Gasteiger partial charge in [0.1, 0.15) is 10.7 Å². The molecular formula is C10H10BrN3O3S. The van der Waals surface area contributed by atoms with Crippen LogP contribution in [-0.2, 0) is 4.79 Å². The monoisotopic (exact) mass is 331 g/mol. The lowest BCUT2D eigenvalue weighted by Crippen LogP contribution is -2.38. The number of thiocarbonyl (C=S) groups is 1. The molecule has 1 rings (SSSR count). The summed E-state index contributed by atoms with van der Waals surface area (Å²) in [7, 11) is 0. The van der Waals surface area contributed by atoms with Crippen LogP contribution in [0.5, 0.6) is 5.75 Å². The smallest absolute Gasteiger partial charge is 0.318 e. The van der Waals surface area contributed by atoms with Crippen LogP contribution < -0.4 is 21.5 Å². The molecule has 0 aliphatic rings. The molecule has 18 heavy (non-hydrogen) atoms. The summed E-state index contributed by atoms with van der Waals surface area (Å²) in [6.45, 7) is -0.361. The molecule has 0 radical (unpaired) electrons. The third-order valence-corrected chi connectivity index (χ3v) is 2.54. The lowest BCUT2D eigenvalue weighted by atomic mass is 10.2. The number of nitrogens with two attached hydrogens (primary N) is 2. The van der Waals surface area contributed by atoms with Gasteiger partial charge in [0.25, 0.3) is 5.91 Å². The number of amides is 3. The van der Waals surface area contributed by atoms with Gasteiger partial charge in [0.2, 0.25) is 0 Å². The molecule has 0 spiro atoms. The molecule has 0 saturated heterocycles. The van der Waals surface area contributed by atoms with Crippen molar-refractivity contribution in [3.8, 4) is 5.75 Å². The van der Waals surface area contributed by atoms with Gasteiger partial charge in [-0.05, 0) is 18.2 Å². The van der Waals surface area contributed by atoms with E-state index in [4.69, 9.17) is 28.4 Å². The number of urea groups is 1. The lowest BCUT2D eigenvalue weighted by molar-refractivity contribution is -0.121. The first-order valence-electron chi connectivity index (χ1n) is 4.71. The summed E-state index contributed by atoms with van der Waals surface area (Å²) in [5, 5.41) is 1.87. The van der Waals surface area contributed by atoms with Crippen LogP contribution >= 0.6 is 28.1 Å². The van der Waals surface area contributed by atoms with Crippen molar-refractivity contribution in [3.63, 3.8) is 0 Å². The molecule has 6 nitrogen and oxygen atoms in total. The molecule has 0 atom stereocenters. The number of imide groups is 1. The van der Waals surface area contributed by atoms with Crippen molar-refractivity contribution in [3.05, 3.63) is 28.2 Å². The minimum absolute atomic E-state index is 0.140. The Morgan fingerprint density at radius 2 is 2.06 bits per heavy atom. The number of carbonyl (C=O) groups excluding carboxylic acids is 2. The van der Waals surface area contributed by atoms with E-state index in [9.17, 15) is 9.59 Å². The Morgan fingerprint density at radius 3 is 2.61 bits per heavy atom. The van der Waals surface area contributed by atoms with E-state index in [0.29, 0.717) is 11.3 Å². The first-order valence-corrected chi connectivity index (χ1v) is 5.91. The van der Waals surface area contributed by atoms with Crippen LogP contribution in [0, 0.1) is 0 Å². The topological polar surface area (TPSA) is 107 Å². The number of rotatable bonds is 4. The zero-order valence-corrected chi connectivity index (χ0v) is 11.5. The van der Waals surface area contributed by atoms with Gasteiger partial charge in [-0.1, -0.05) is 28.1 Å². The summed E-state index contributed by atoms with van der Waals surface area (Å²) in [5.41, 5.74) is 10.8. The average Bonchev–Trinajstić information content (AvgIpc) is 2.26. The van der Waals surface area contributed by atoms with Crippen LogP contribution in [0.15, 0.2) is 22.7 Å². The van der Waals surface area contributed by atoms with Gasteiger partial charge in [0.15, 0.2) is 6.61 Å². The number of hydrogen-bond donors (Lipinski definition) is 3. The molecule has 0 aliphatic carbocycles. The van der Waals surface area contributed by atoms with Crippen molar-refractivity contribution in [2.45, 2.75) is 0 Å². The fourth-order valence-corrected chi connectivity index (χ4v) is 1.66. The Bertz CT molecular complexity index is 507. The van der Waals surface area contributed by atoms with Crippen molar-refractivity contribution in [2.75, 3.05) is 6.61 Å². The normalized spacial score (nSPS) is 9.61. The maximum Gasteiger partial charge on any atom is 0.318 e. The van der Waals surface area contributed by atoms with Gasteiger partial charge in [-0.15, -0.1) is 0 Å². The predicted octanol–water partition coefficient (Wildman–Crippen LogP) is 0.657. The fraction of sp³-hybridized carbons (Fsp3) is 0.100. The molecule has 0 unspecified atom stereocenters. The molecule has 0 aliphatic heterocycles. The van der Waals surface area contributed by atoms with Gasteiger partial charge in [0.05, 0.1) is 5.56 Å². The van der Waals surface area contributed by atoms with E-state index in [-0.39, 0.29) is 11.6 Å². The van der Waals surface area contributed by atoms with Crippen LogP contribution in [0.25, 0.3) is 0 Å². The van der Waals surface area contributed by atoms with E-state index in [1.807, 2.05) is 5.32 Å². The highest BCUT2D eigenvalue weighted by molar-refractivity contribution is 9.10. The molecule has 0 saturated carbocycles. The average molecular weight is 332 g/mol. The second kappa shape index (κ2) is 6.31. The fourth-order valence-electron chi connectivity index (χ4n) is 1.14. The standard InChI is InChI=1S/C10H10BrN3O3S/c11-5-1-2-7(6(3-5)9(12)18)17-4-8(15)14-10(13)16/h1-3H,4H2,(H2,12,18)(H3,13,14,15,16). The number of hydrogen-bond acceptors (Lipinski definition) is 4. The number of halogens is 1. The predicted molar refractivity (Wildman–Crippen MR) is 73.3 cm³/mol. The minimum Gasteiger partial charge on any atom is -0.483 e. The Hall–Kier alpha value is -1.67. The summed E-state index contributed by atoms with van der Waals surface area (Å²) < 4.78 is 5.99. The second-order valence-corrected chi connectivity index (χ2v) is 4.56. The van der Waals surface area contributed by atoms with E-state index < -0.39 is 11.9 Å². The zero-order chi connectivity index (χ0) is 13.7. The van der Waals surface area contributed by atoms with Crippen LogP contribution in [-0.4, -0.2) is 23.5 Å². The Morgan fingerprint density at radius 1 is 1.39 bits per heavy atom. The van der Waals surface area contributed by atoms with E-state index in [0.717, 1.165) is 4.47 Å². The molecular weight excluding hydrogens is 322 g/mol. The molecule has 1 aromatic carbocycles. The van der Waals surface area contributed by atoms with E-state index in [2.05, 4.69) is 15.9 Å². The first-order chi connectivity index (χ1) is 8.40. The SMILES string of the molecule is NC(=O)NC(=O)COc1ccc(Br)cc1C(N)=S. The summed E-state index contributed by atoms with van der Waals surface area (Å²) in [5.74, 6) is -0.301. The van der Waals surface area contributed by atoms with Crippen LogP contribution in [0.3, 0.4) is 0 Å². The molecule has 0 heterocycles. The summed E-state index contributed by atoms with van der Waals surface area (Å²) in [6.07, 6.45) is 0. The molecule has 0 bridgehead atoms. The number of ether oxygens (including phenoxy) is 1. The van der Waals surface area contributed by atoms with E-state index in [1.54, 1.807) is 18.2 Å². The highest BCUT2D eigenvalue weighted by atomic mass is 79.9. The summed E-state index contributed by atoms with van der Waals surface area (Å²) in [4.78, 5) is 21.7. The highest BCUT2D eigenvalue weighted by Gasteiger charge is 2.10. The van der Waals surface area contributed by atoms with Gasteiger partial charge >= 0.3 is 6.03 Å². The quantitative estimate of drug-likeness (QED) is 0.702. The van der Waals surface area contributed by atoms with Gasteiger partial charge in [-0.3, -0.25) is 10.1 Å². The lowest BCUT2D eigenvalue weighted by Gasteiger charge is -2.10. The molecule has 5 N–H and O–H groups in total. The number of carbonyl (C=O) groups is 2. The van der Waals surface area contributed by atoms with Crippen molar-refractivity contribution in [2.24, 2.45) is 11.5 Å². The largest absolute Gasteiger partial charge is 0.483 e. The summed E-state index contributed by atoms with van der Waals surface area (Å²) >= 11 is 8.13. The highest BCUT2D eigenvalue weighted by Crippen LogP contribution is 2.23. The van der Waals surface area contributed by atoms with Crippen molar-refractivity contribution < 1.29 is 14.3 Å². The molecule has 96 valence electrons. The molecule has 1 aromatic rings. The molecule has 0 aromatic heterocycles. The maximum atomic E-state index is 11.2. The van der Waals surface area contributed by atoms with Gasteiger partial charge in [0, 0.05) is 4.47 Å². The maximum absolute atomic E-state index is 11.2. The van der Waals surface area contributed by atoms with E-state index >= 15 is 0 Å². The van der Waals surface area contributed by atoms with Gasteiger partial charge < -0.3 is 16.2 Å². The van der Waals surface area contributed by atoms with Crippen molar-refractivity contribution >= 4 is 45.1 Å². The van der Waals surface area contributed by atoms with Crippen LogP contribution in [0.1, 0.15) is 5.56 Å². The van der Waals surface area contributed by atoms with Crippen molar-refractivity contribution in [1.29, 1.82) is 0 Å². The number of benzene rings is 1. The number of nitrogens with one attached hydrogen (secondary N) is 1.